The van der Waals surface area contributed by atoms with E-state index >= 15 is 0 Å². The molecule has 0 unspecified atom stereocenters. The summed E-state index contributed by atoms with van der Waals surface area (Å²) in [4.78, 5) is 12.4. The molecule has 0 spiro atoms. The molecule has 7 heteroatoms. The molecule has 0 atom stereocenters. The molecule has 150 valence electrons. The third-order valence-electron chi connectivity index (χ3n) is 4.02. The molecular formula is C21H26N2O4S. The van der Waals surface area contributed by atoms with E-state index in [0.717, 1.165) is 18.4 Å². The number of rotatable bonds is 9. The summed E-state index contributed by atoms with van der Waals surface area (Å²) in [7, 11) is 3.13. The first-order chi connectivity index (χ1) is 13.6. The van der Waals surface area contributed by atoms with Gasteiger partial charge in [0.05, 0.1) is 26.4 Å². The summed E-state index contributed by atoms with van der Waals surface area (Å²) in [5.74, 6) is 1.55. The molecule has 28 heavy (non-hydrogen) atoms. The summed E-state index contributed by atoms with van der Waals surface area (Å²) in [5, 5.41) is 5.92. The molecule has 2 aromatic rings. The Hall–Kier alpha value is -2.80. The van der Waals surface area contributed by atoms with Crippen LogP contribution in [-0.2, 0) is 6.54 Å². The predicted octanol–water partition coefficient (Wildman–Crippen LogP) is 3.69. The van der Waals surface area contributed by atoms with Crippen LogP contribution in [0.3, 0.4) is 0 Å². The second-order valence-corrected chi connectivity index (χ2v) is 6.43. The first-order valence-corrected chi connectivity index (χ1v) is 9.51. The van der Waals surface area contributed by atoms with Crippen LogP contribution in [-0.4, -0.2) is 31.8 Å². The quantitative estimate of drug-likeness (QED) is 0.493. The fourth-order valence-corrected chi connectivity index (χ4v) is 2.66. The molecule has 0 aliphatic heterocycles. The second kappa shape index (κ2) is 11.1. The van der Waals surface area contributed by atoms with E-state index < -0.39 is 0 Å². The number of para-hydroxylation sites is 1. The molecule has 6 nitrogen and oxygen atoms in total. The Morgan fingerprint density at radius 1 is 1.04 bits per heavy atom. The van der Waals surface area contributed by atoms with E-state index in [4.69, 9.17) is 26.4 Å². The topological polar surface area (TPSA) is 68.8 Å². The zero-order valence-electron chi connectivity index (χ0n) is 16.4. The average molecular weight is 403 g/mol. The second-order valence-electron chi connectivity index (χ2n) is 6.02. The van der Waals surface area contributed by atoms with Crippen molar-refractivity contribution in [2.24, 2.45) is 0 Å². The minimum atomic E-state index is -0.327. The van der Waals surface area contributed by atoms with Crippen molar-refractivity contribution in [1.82, 2.24) is 10.6 Å². The SMILES string of the molecule is CCCCOc1ccc(CNC(=S)NC(=O)c2ccccc2OC)cc1OC. The van der Waals surface area contributed by atoms with Gasteiger partial charge < -0.3 is 19.5 Å². The zero-order chi connectivity index (χ0) is 20.4. The van der Waals surface area contributed by atoms with Crippen LogP contribution in [0.1, 0.15) is 35.7 Å². The lowest BCUT2D eigenvalue weighted by molar-refractivity contribution is 0.0973. The van der Waals surface area contributed by atoms with Gasteiger partial charge in [-0.3, -0.25) is 10.1 Å². The Bertz CT molecular complexity index is 811. The molecule has 0 radical (unpaired) electrons. The lowest BCUT2D eigenvalue weighted by Gasteiger charge is -2.14. The van der Waals surface area contributed by atoms with Gasteiger partial charge in [-0.05, 0) is 48.5 Å². The first-order valence-electron chi connectivity index (χ1n) is 9.11. The third kappa shape index (κ3) is 6.13. The van der Waals surface area contributed by atoms with Gasteiger partial charge in [-0.1, -0.05) is 31.5 Å². The molecule has 0 saturated heterocycles. The minimum absolute atomic E-state index is 0.234. The fraction of sp³-hybridized carbons (Fsp3) is 0.333. The molecule has 0 aromatic heterocycles. The number of unbranched alkanes of at least 4 members (excludes halogenated alkanes) is 1. The van der Waals surface area contributed by atoms with Gasteiger partial charge >= 0.3 is 0 Å². The van der Waals surface area contributed by atoms with Crippen LogP contribution in [0.5, 0.6) is 17.2 Å². The summed E-state index contributed by atoms with van der Waals surface area (Å²) in [6.45, 7) is 3.21. The molecule has 2 N–H and O–H groups in total. The number of carbonyl (C=O) groups excluding carboxylic acids is 1. The van der Waals surface area contributed by atoms with Crippen molar-refractivity contribution in [3.05, 3.63) is 53.6 Å². The van der Waals surface area contributed by atoms with Crippen LogP contribution >= 0.6 is 12.2 Å². The minimum Gasteiger partial charge on any atom is -0.496 e. The van der Waals surface area contributed by atoms with Crippen molar-refractivity contribution in [1.29, 1.82) is 0 Å². The van der Waals surface area contributed by atoms with Crippen molar-refractivity contribution in [2.75, 3.05) is 20.8 Å². The fourth-order valence-electron chi connectivity index (χ4n) is 2.50. The van der Waals surface area contributed by atoms with Crippen LogP contribution < -0.4 is 24.8 Å². The molecule has 0 aliphatic rings. The summed E-state index contributed by atoms with van der Waals surface area (Å²) in [5.41, 5.74) is 1.37. The first kappa shape index (κ1) is 21.5. The third-order valence-corrected chi connectivity index (χ3v) is 4.26. The lowest BCUT2D eigenvalue weighted by atomic mass is 10.2. The van der Waals surface area contributed by atoms with Gasteiger partial charge in [0.15, 0.2) is 16.6 Å². The van der Waals surface area contributed by atoms with E-state index in [1.807, 2.05) is 18.2 Å². The lowest BCUT2D eigenvalue weighted by Crippen LogP contribution is -2.39. The van der Waals surface area contributed by atoms with Crippen molar-refractivity contribution in [2.45, 2.75) is 26.3 Å². The monoisotopic (exact) mass is 402 g/mol. The number of hydrogen-bond acceptors (Lipinski definition) is 5. The summed E-state index contributed by atoms with van der Waals surface area (Å²) in [6.07, 6.45) is 2.06. The number of hydrogen-bond donors (Lipinski definition) is 2. The highest BCUT2D eigenvalue weighted by atomic mass is 32.1. The maximum Gasteiger partial charge on any atom is 0.261 e. The smallest absolute Gasteiger partial charge is 0.261 e. The number of methoxy groups -OCH3 is 2. The Morgan fingerprint density at radius 3 is 2.50 bits per heavy atom. The highest BCUT2D eigenvalue weighted by Gasteiger charge is 2.13. The van der Waals surface area contributed by atoms with E-state index in [1.165, 1.54) is 7.11 Å². The highest BCUT2D eigenvalue weighted by molar-refractivity contribution is 7.80. The van der Waals surface area contributed by atoms with Crippen LogP contribution in [0.25, 0.3) is 0 Å². The van der Waals surface area contributed by atoms with Crippen LogP contribution in [0.4, 0.5) is 0 Å². The van der Waals surface area contributed by atoms with Gasteiger partial charge in [-0.15, -0.1) is 0 Å². The molecule has 1 amide bonds. The van der Waals surface area contributed by atoms with Crippen molar-refractivity contribution >= 4 is 23.2 Å². The Morgan fingerprint density at radius 2 is 1.79 bits per heavy atom. The van der Waals surface area contributed by atoms with Crippen molar-refractivity contribution in [3.8, 4) is 17.2 Å². The van der Waals surface area contributed by atoms with Crippen molar-refractivity contribution < 1.29 is 19.0 Å². The van der Waals surface area contributed by atoms with E-state index in [1.54, 1.807) is 31.4 Å². The van der Waals surface area contributed by atoms with Gasteiger partial charge in [-0.2, -0.15) is 0 Å². The molecular weight excluding hydrogens is 376 g/mol. The molecule has 0 aliphatic carbocycles. The Balaban J connectivity index is 1.92. The average Bonchev–Trinajstić information content (AvgIpc) is 2.72. The van der Waals surface area contributed by atoms with E-state index in [-0.39, 0.29) is 11.0 Å². The largest absolute Gasteiger partial charge is 0.496 e. The van der Waals surface area contributed by atoms with E-state index in [2.05, 4.69) is 17.6 Å². The van der Waals surface area contributed by atoms with Gasteiger partial charge in [0.25, 0.3) is 5.91 Å². The summed E-state index contributed by atoms with van der Waals surface area (Å²) < 4.78 is 16.3. The number of ether oxygens (including phenoxy) is 3. The number of nitrogens with one attached hydrogen (secondary N) is 2. The van der Waals surface area contributed by atoms with Crippen LogP contribution in [0.2, 0.25) is 0 Å². The molecule has 0 saturated carbocycles. The van der Waals surface area contributed by atoms with E-state index in [9.17, 15) is 4.79 Å². The Kier molecular flexibility index (Phi) is 8.55. The summed E-state index contributed by atoms with van der Waals surface area (Å²) >= 11 is 5.23. The maximum atomic E-state index is 12.4. The van der Waals surface area contributed by atoms with Gasteiger partial charge in [-0.25, -0.2) is 0 Å². The van der Waals surface area contributed by atoms with E-state index in [0.29, 0.717) is 36.0 Å². The van der Waals surface area contributed by atoms with Gasteiger partial charge in [0.1, 0.15) is 5.75 Å². The number of benzene rings is 2. The molecule has 2 rings (SSSR count). The normalized spacial score (nSPS) is 10.1. The molecule has 0 heterocycles. The highest BCUT2D eigenvalue weighted by Crippen LogP contribution is 2.28. The molecule has 0 bridgehead atoms. The Labute approximate surface area is 171 Å². The van der Waals surface area contributed by atoms with Crippen LogP contribution in [0, 0.1) is 0 Å². The zero-order valence-corrected chi connectivity index (χ0v) is 17.2. The maximum absolute atomic E-state index is 12.4. The number of thiocarbonyl (C=S) groups is 1. The number of amides is 1. The summed E-state index contributed by atoms with van der Waals surface area (Å²) in [6, 6.07) is 12.7. The van der Waals surface area contributed by atoms with Gasteiger partial charge in [0, 0.05) is 6.54 Å². The standard InChI is InChI=1S/C21H26N2O4S/c1-4-5-12-27-18-11-10-15(13-19(18)26-3)14-22-21(28)23-20(24)16-8-6-7-9-17(16)25-2/h6-11,13H,4-5,12,14H2,1-3H3,(H2,22,23,24,28). The number of carbonyl (C=O) groups is 1. The van der Waals surface area contributed by atoms with Gasteiger partial charge in [0.2, 0.25) is 0 Å². The molecule has 0 fully saturated rings. The van der Waals surface area contributed by atoms with Crippen LogP contribution in [0.15, 0.2) is 42.5 Å². The van der Waals surface area contributed by atoms with Crippen molar-refractivity contribution in [3.63, 3.8) is 0 Å². The predicted molar refractivity (Wildman–Crippen MR) is 113 cm³/mol. The molecule has 2 aromatic carbocycles.